The van der Waals surface area contributed by atoms with Crippen molar-refractivity contribution in [1.29, 1.82) is 5.26 Å². The van der Waals surface area contributed by atoms with Crippen molar-refractivity contribution in [2.75, 3.05) is 17.6 Å². The molecule has 0 aliphatic carbocycles. The molecule has 6 heteroatoms. The fourth-order valence-corrected chi connectivity index (χ4v) is 3.89. The number of carbonyl (C=O) groups excluding carboxylic acids is 1. The molecule has 0 saturated carbocycles. The van der Waals surface area contributed by atoms with Crippen molar-refractivity contribution in [3.63, 3.8) is 0 Å². The van der Waals surface area contributed by atoms with Crippen LogP contribution in [0.4, 0.5) is 5.69 Å². The van der Waals surface area contributed by atoms with Gasteiger partial charge in [0.2, 0.25) is 5.91 Å². The molecule has 2 rings (SSSR count). The molecule has 1 aliphatic heterocycles. The maximum absolute atomic E-state index is 12.3. The van der Waals surface area contributed by atoms with Crippen molar-refractivity contribution in [3.8, 4) is 6.07 Å². The first-order chi connectivity index (χ1) is 9.74. The maximum atomic E-state index is 12.3. The molecular formula is C14H15N3OS2. The van der Waals surface area contributed by atoms with E-state index >= 15 is 0 Å². The number of hydrogen-bond acceptors (Lipinski definition) is 5. The van der Waals surface area contributed by atoms with E-state index in [0.29, 0.717) is 11.3 Å². The number of amides is 1. The number of rotatable bonds is 4. The Bertz CT molecular complexity index is 566. The fraction of sp³-hybridized carbons (Fsp3) is 0.357. The molecule has 0 radical (unpaired) electrons. The van der Waals surface area contributed by atoms with Gasteiger partial charge in [0.25, 0.3) is 0 Å². The monoisotopic (exact) mass is 305 g/mol. The Morgan fingerprint density at radius 2 is 2.40 bits per heavy atom. The fourth-order valence-electron chi connectivity index (χ4n) is 1.73. The molecule has 1 amide bonds. The Morgan fingerprint density at radius 1 is 1.60 bits per heavy atom. The summed E-state index contributed by atoms with van der Waals surface area (Å²) in [5.41, 5.74) is 1.05. The van der Waals surface area contributed by atoms with Gasteiger partial charge in [-0.1, -0.05) is 42.6 Å². The van der Waals surface area contributed by atoms with Crippen LogP contribution in [0.2, 0.25) is 0 Å². The van der Waals surface area contributed by atoms with Gasteiger partial charge in [0.15, 0.2) is 0 Å². The summed E-state index contributed by atoms with van der Waals surface area (Å²) in [7, 11) is 0. The van der Waals surface area contributed by atoms with Crippen LogP contribution in [-0.4, -0.2) is 27.8 Å². The van der Waals surface area contributed by atoms with Crippen molar-refractivity contribution in [2.45, 2.75) is 18.6 Å². The number of nitrogens with zero attached hydrogens (tertiary/aromatic N) is 2. The van der Waals surface area contributed by atoms with Gasteiger partial charge in [-0.15, -0.1) is 0 Å². The van der Waals surface area contributed by atoms with Crippen LogP contribution in [0.1, 0.15) is 18.9 Å². The number of nitriles is 1. The first-order valence-corrected chi connectivity index (χ1v) is 8.25. The highest BCUT2D eigenvalue weighted by molar-refractivity contribution is 8.39. The Hall–Kier alpha value is -1.45. The predicted molar refractivity (Wildman–Crippen MR) is 86.2 cm³/mol. The minimum Gasteiger partial charge on any atom is -0.324 e. The largest absolute Gasteiger partial charge is 0.324 e. The summed E-state index contributed by atoms with van der Waals surface area (Å²) >= 11 is 3.21. The van der Waals surface area contributed by atoms with Crippen LogP contribution < -0.4 is 5.32 Å². The van der Waals surface area contributed by atoms with E-state index in [4.69, 9.17) is 5.26 Å². The van der Waals surface area contributed by atoms with Gasteiger partial charge in [-0.3, -0.25) is 9.79 Å². The van der Waals surface area contributed by atoms with Gasteiger partial charge in [0.1, 0.15) is 10.4 Å². The van der Waals surface area contributed by atoms with E-state index in [1.807, 2.05) is 6.92 Å². The van der Waals surface area contributed by atoms with Gasteiger partial charge in [-0.2, -0.15) is 5.26 Å². The summed E-state index contributed by atoms with van der Waals surface area (Å²) in [5, 5.41) is 11.7. The van der Waals surface area contributed by atoms with E-state index in [0.717, 1.165) is 23.1 Å². The molecule has 0 spiro atoms. The normalized spacial score (nSPS) is 15.3. The number of carbonyl (C=O) groups is 1. The number of hydrogen-bond donors (Lipinski definition) is 1. The summed E-state index contributed by atoms with van der Waals surface area (Å²) < 4.78 is 0.987. The van der Waals surface area contributed by atoms with Gasteiger partial charge in [0, 0.05) is 5.75 Å². The molecular weight excluding hydrogens is 290 g/mol. The van der Waals surface area contributed by atoms with Crippen molar-refractivity contribution in [1.82, 2.24) is 0 Å². The molecule has 1 aliphatic rings. The van der Waals surface area contributed by atoms with Gasteiger partial charge in [-0.25, -0.2) is 0 Å². The zero-order valence-electron chi connectivity index (χ0n) is 11.1. The first kappa shape index (κ1) is 14.9. The summed E-state index contributed by atoms with van der Waals surface area (Å²) in [4.78, 5) is 16.7. The topological polar surface area (TPSA) is 65.2 Å². The number of anilines is 1. The highest BCUT2D eigenvalue weighted by atomic mass is 32.2. The van der Waals surface area contributed by atoms with E-state index in [-0.39, 0.29) is 11.2 Å². The first-order valence-electron chi connectivity index (χ1n) is 6.38. The van der Waals surface area contributed by atoms with E-state index in [9.17, 15) is 4.79 Å². The minimum atomic E-state index is -0.175. The summed E-state index contributed by atoms with van der Waals surface area (Å²) in [5.74, 6) is 0.924. The van der Waals surface area contributed by atoms with Gasteiger partial charge < -0.3 is 5.32 Å². The third-order valence-electron chi connectivity index (χ3n) is 2.77. The van der Waals surface area contributed by atoms with Gasteiger partial charge in [-0.05, 0) is 18.6 Å². The molecule has 1 aromatic rings. The second-order valence-electron chi connectivity index (χ2n) is 4.16. The highest BCUT2D eigenvalue weighted by Gasteiger charge is 2.22. The van der Waals surface area contributed by atoms with Crippen molar-refractivity contribution >= 4 is 39.5 Å². The Morgan fingerprint density at radius 3 is 3.05 bits per heavy atom. The van der Waals surface area contributed by atoms with E-state index in [2.05, 4.69) is 16.4 Å². The number of nitrogens with one attached hydrogen (secondary N) is 1. The Balaban J connectivity index is 2.03. The molecule has 0 aromatic heterocycles. The molecule has 0 fully saturated rings. The SMILES string of the molecule is CCC(SC1=NCCS1)C(=O)Nc1ccccc1C#N. The third kappa shape index (κ3) is 3.78. The van der Waals surface area contributed by atoms with Crippen LogP contribution in [-0.2, 0) is 4.79 Å². The van der Waals surface area contributed by atoms with Crippen LogP contribution >= 0.6 is 23.5 Å². The molecule has 20 heavy (non-hydrogen) atoms. The number of benzene rings is 1. The lowest BCUT2D eigenvalue weighted by atomic mass is 10.2. The zero-order valence-corrected chi connectivity index (χ0v) is 12.8. The molecule has 4 nitrogen and oxygen atoms in total. The molecule has 1 unspecified atom stereocenters. The molecule has 0 bridgehead atoms. The molecule has 1 N–H and O–H groups in total. The molecule has 0 saturated heterocycles. The van der Waals surface area contributed by atoms with E-state index in [1.54, 1.807) is 36.0 Å². The van der Waals surface area contributed by atoms with E-state index in [1.165, 1.54) is 11.8 Å². The van der Waals surface area contributed by atoms with Crippen LogP contribution in [0.3, 0.4) is 0 Å². The number of thioether (sulfide) groups is 2. The maximum Gasteiger partial charge on any atom is 0.237 e. The highest BCUT2D eigenvalue weighted by Crippen LogP contribution is 2.28. The van der Waals surface area contributed by atoms with Crippen molar-refractivity contribution in [2.24, 2.45) is 4.99 Å². The summed E-state index contributed by atoms with van der Waals surface area (Å²) in [6.07, 6.45) is 0.727. The lowest BCUT2D eigenvalue weighted by Crippen LogP contribution is -2.25. The van der Waals surface area contributed by atoms with E-state index < -0.39 is 0 Å². The number of para-hydroxylation sites is 1. The standard InChI is InChI=1S/C14H15N3OS2/c1-2-12(20-14-16-7-8-19-14)13(18)17-11-6-4-3-5-10(11)9-15/h3-6,12H,2,7-8H2,1H3,(H,17,18). The van der Waals surface area contributed by atoms with Crippen molar-refractivity contribution in [3.05, 3.63) is 29.8 Å². The zero-order chi connectivity index (χ0) is 14.4. The second kappa shape index (κ2) is 7.36. The van der Waals surface area contributed by atoms with Crippen LogP contribution in [0.25, 0.3) is 0 Å². The average molecular weight is 305 g/mol. The van der Waals surface area contributed by atoms with Crippen LogP contribution in [0, 0.1) is 11.3 Å². The third-order valence-corrected chi connectivity index (χ3v) is 5.34. The van der Waals surface area contributed by atoms with Gasteiger partial charge in [0.05, 0.1) is 23.0 Å². The minimum absolute atomic E-state index is 0.0737. The predicted octanol–water partition coefficient (Wildman–Crippen LogP) is 3.11. The number of aliphatic imine (C=N–C) groups is 1. The molecule has 1 aromatic carbocycles. The van der Waals surface area contributed by atoms with Crippen molar-refractivity contribution < 1.29 is 4.79 Å². The quantitative estimate of drug-likeness (QED) is 0.928. The lowest BCUT2D eigenvalue weighted by Gasteiger charge is -2.14. The summed E-state index contributed by atoms with van der Waals surface area (Å²) in [6.45, 7) is 2.82. The smallest absolute Gasteiger partial charge is 0.237 e. The Labute approximate surface area is 127 Å². The summed E-state index contributed by atoms with van der Waals surface area (Å²) in [6, 6.07) is 9.11. The molecule has 104 valence electrons. The lowest BCUT2D eigenvalue weighted by molar-refractivity contribution is -0.115. The average Bonchev–Trinajstić information content (AvgIpc) is 2.98. The Kier molecular flexibility index (Phi) is 5.50. The van der Waals surface area contributed by atoms with Crippen LogP contribution in [0.15, 0.2) is 29.3 Å². The second-order valence-corrected chi connectivity index (χ2v) is 6.69. The molecule has 1 heterocycles. The molecule has 1 atom stereocenters. The van der Waals surface area contributed by atoms with Gasteiger partial charge >= 0.3 is 0 Å². The van der Waals surface area contributed by atoms with Crippen LogP contribution in [0.5, 0.6) is 0 Å².